The van der Waals surface area contributed by atoms with E-state index in [-0.39, 0.29) is 23.5 Å². The number of halogens is 1. The number of aliphatic hydroxyl groups is 1. The SMILES string of the molecule is CC(C)[C@@H](CO)Nc1nc(Nc2ccc(S(N)(=O)=O)cc2)ncc1Br. The average Bonchev–Trinajstić information content (AvgIpc) is 2.54. The summed E-state index contributed by atoms with van der Waals surface area (Å²) < 4.78 is 23.2. The van der Waals surface area contributed by atoms with Crippen molar-refractivity contribution in [1.82, 2.24) is 9.97 Å². The largest absolute Gasteiger partial charge is 0.394 e. The molecule has 8 nitrogen and oxygen atoms in total. The third kappa shape index (κ3) is 5.36. The highest BCUT2D eigenvalue weighted by atomic mass is 79.9. The van der Waals surface area contributed by atoms with Gasteiger partial charge in [0.1, 0.15) is 5.82 Å². The first kappa shape index (κ1) is 19.6. The summed E-state index contributed by atoms with van der Waals surface area (Å²) in [5.41, 5.74) is 0.614. The second-order valence-electron chi connectivity index (χ2n) is 5.76. The molecule has 0 aliphatic heterocycles. The summed E-state index contributed by atoms with van der Waals surface area (Å²) >= 11 is 3.38. The Labute approximate surface area is 155 Å². The van der Waals surface area contributed by atoms with Gasteiger partial charge in [-0.1, -0.05) is 13.8 Å². The van der Waals surface area contributed by atoms with E-state index >= 15 is 0 Å². The van der Waals surface area contributed by atoms with Crippen LogP contribution in [0.4, 0.5) is 17.5 Å². The molecule has 0 aliphatic carbocycles. The van der Waals surface area contributed by atoms with Crippen LogP contribution < -0.4 is 15.8 Å². The van der Waals surface area contributed by atoms with Gasteiger partial charge in [0.25, 0.3) is 0 Å². The first-order valence-electron chi connectivity index (χ1n) is 7.50. The summed E-state index contributed by atoms with van der Waals surface area (Å²) in [6.07, 6.45) is 1.59. The summed E-state index contributed by atoms with van der Waals surface area (Å²) in [4.78, 5) is 8.57. The fourth-order valence-electron chi connectivity index (χ4n) is 1.98. The molecular weight excluding hydrogens is 410 g/mol. The van der Waals surface area contributed by atoms with Gasteiger partial charge in [0.15, 0.2) is 0 Å². The van der Waals surface area contributed by atoms with E-state index in [9.17, 15) is 13.5 Å². The van der Waals surface area contributed by atoms with Crippen molar-refractivity contribution >= 4 is 43.4 Å². The lowest BCUT2D eigenvalue weighted by Gasteiger charge is -2.21. The van der Waals surface area contributed by atoms with Crippen molar-refractivity contribution in [2.24, 2.45) is 11.1 Å². The number of nitrogens with zero attached hydrogens (tertiary/aromatic N) is 2. The van der Waals surface area contributed by atoms with Crippen molar-refractivity contribution in [3.8, 4) is 0 Å². The molecule has 0 fully saturated rings. The average molecular weight is 430 g/mol. The van der Waals surface area contributed by atoms with Crippen LogP contribution in [0.5, 0.6) is 0 Å². The molecule has 0 spiro atoms. The van der Waals surface area contributed by atoms with E-state index < -0.39 is 10.0 Å². The lowest BCUT2D eigenvalue weighted by molar-refractivity contribution is 0.249. The highest BCUT2D eigenvalue weighted by Gasteiger charge is 2.15. The Kier molecular flexibility index (Phi) is 6.33. The van der Waals surface area contributed by atoms with E-state index in [2.05, 4.69) is 36.5 Å². The van der Waals surface area contributed by atoms with E-state index in [1.165, 1.54) is 12.1 Å². The van der Waals surface area contributed by atoms with Gasteiger partial charge in [0, 0.05) is 11.9 Å². The highest BCUT2D eigenvalue weighted by Crippen LogP contribution is 2.24. The maximum absolute atomic E-state index is 11.3. The molecule has 2 rings (SSSR count). The summed E-state index contributed by atoms with van der Waals surface area (Å²) in [5.74, 6) is 1.09. The fraction of sp³-hybridized carbons (Fsp3) is 0.333. The van der Waals surface area contributed by atoms with Crippen LogP contribution in [-0.4, -0.2) is 36.1 Å². The summed E-state index contributed by atoms with van der Waals surface area (Å²) in [5, 5.41) is 20.7. The molecule has 1 atom stereocenters. The Hall–Kier alpha value is -1.75. The molecule has 0 saturated carbocycles. The number of aromatic nitrogens is 2. The van der Waals surface area contributed by atoms with Gasteiger partial charge in [-0.05, 0) is 46.1 Å². The Morgan fingerprint density at radius 2 is 1.92 bits per heavy atom. The van der Waals surface area contributed by atoms with Gasteiger partial charge in [0.2, 0.25) is 16.0 Å². The number of anilines is 3. The minimum absolute atomic E-state index is 0.0219. The molecule has 1 aromatic carbocycles. The molecule has 0 radical (unpaired) electrons. The number of primary sulfonamides is 1. The van der Waals surface area contributed by atoms with Gasteiger partial charge >= 0.3 is 0 Å². The number of hydrogen-bond donors (Lipinski definition) is 4. The molecule has 0 amide bonds. The summed E-state index contributed by atoms with van der Waals surface area (Å²) in [6, 6.07) is 5.80. The number of benzene rings is 1. The number of nitrogens with two attached hydrogens (primary N) is 1. The molecule has 0 aliphatic rings. The van der Waals surface area contributed by atoms with Crippen molar-refractivity contribution in [3.05, 3.63) is 34.9 Å². The van der Waals surface area contributed by atoms with Crippen molar-refractivity contribution in [2.45, 2.75) is 24.8 Å². The molecule has 0 saturated heterocycles. The first-order valence-corrected chi connectivity index (χ1v) is 9.84. The number of rotatable bonds is 7. The van der Waals surface area contributed by atoms with Crippen LogP contribution in [0.2, 0.25) is 0 Å². The molecule has 0 unspecified atom stereocenters. The molecule has 25 heavy (non-hydrogen) atoms. The van der Waals surface area contributed by atoms with E-state index in [0.717, 1.165) is 0 Å². The number of hydrogen-bond acceptors (Lipinski definition) is 7. The van der Waals surface area contributed by atoms with Crippen molar-refractivity contribution in [1.29, 1.82) is 0 Å². The monoisotopic (exact) mass is 429 g/mol. The lowest BCUT2D eigenvalue weighted by atomic mass is 10.1. The third-order valence-corrected chi connectivity index (χ3v) is 5.02. The standard InChI is InChI=1S/C15H20BrN5O3S/c1-9(2)13(8-22)20-14-12(16)7-18-15(21-14)19-10-3-5-11(6-4-10)25(17,23)24/h3-7,9,13,22H,8H2,1-2H3,(H2,17,23,24)(H2,18,19,20,21)/t13-/m1/s1. The van der Waals surface area contributed by atoms with E-state index in [1.54, 1.807) is 18.3 Å². The molecule has 1 heterocycles. The Morgan fingerprint density at radius 3 is 2.44 bits per heavy atom. The normalized spacial score (nSPS) is 12.9. The maximum Gasteiger partial charge on any atom is 0.238 e. The smallest absolute Gasteiger partial charge is 0.238 e. The van der Waals surface area contributed by atoms with Crippen LogP contribution in [0.25, 0.3) is 0 Å². The van der Waals surface area contributed by atoms with Gasteiger partial charge in [-0.3, -0.25) is 0 Å². The van der Waals surface area contributed by atoms with Gasteiger partial charge in [-0.15, -0.1) is 0 Å². The summed E-state index contributed by atoms with van der Waals surface area (Å²) in [7, 11) is -3.73. The van der Waals surface area contributed by atoms with E-state index in [0.29, 0.717) is 21.9 Å². The van der Waals surface area contributed by atoms with Crippen LogP contribution in [-0.2, 0) is 10.0 Å². The Balaban J connectivity index is 2.19. The van der Waals surface area contributed by atoms with Crippen LogP contribution in [0.1, 0.15) is 13.8 Å². The quantitative estimate of drug-likeness (QED) is 0.529. The number of aliphatic hydroxyl groups excluding tert-OH is 1. The van der Waals surface area contributed by atoms with Crippen LogP contribution in [0.3, 0.4) is 0 Å². The fourth-order valence-corrected chi connectivity index (χ4v) is 2.81. The molecule has 0 bridgehead atoms. The first-order chi connectivity index (χ1) is 11.7. The minimum Gasteiger partial charge on any atom is -0.394 e. The van der Waals surface area contributed by atoms with Gasteiger partial charge in [-0.2, -0.15) is 4.98 Å². The maximum atomic E-state index is 11.3. The van der Waals surface area contributed by atoms with Crippen LogP contribution in [0.15, 0.2) is 39.8 Å². The molecule has 5 N–H and O–H groups in total. The molecule has 10 heteroatoms. The van der Waals surface area contributed by atoms with Crippen LogP contribution >= 0.6 is 15.9 Å². The second kappa shape index (κ2) is 8.09. The van der Waals surface area contributed by atoms with Crippen molar-refractivity contribution < 1.29 is 13.5 Å². The van der Waals surface area contributed by atoms with Gasteiger partial charge in [-0.25, -0.2) is 18.5 Å². The van der Waals surface area contributed by atoms with E-state index in [4.69, 9.17) is 5.14 Å². The second-order valence-corrected chi connectivity index (χ2v) is 8.18. The lowest BCUT2D eigenvalue weighted by Crippen LogP contribution is -2.30. The highest BCUT2D eigenvalue weighted by molar-refractivity contribution is 9.10. The third-order valence-electron chi connectivity index (χ3n) is 3.51. The molecular formula is C15H20BrN5O3S. The van der Waals surface area contributed by atoms with Gasteiger partial charge in [0.05, 0.1) is 22.0 Å². The van der Waals surface area contributed by atoms with Crippen molar-refractivity contribution in [3.63, 3.8) is 0 Å². The van der Waals surface area contributed by atoms with Crippen LogP contribution in [0, 0.1) is 5.92 Å². The molecule has 136 valence electrons. The molecule has 1 aromatic heterocycles. The predicted molar refractivity (Wildman–Crippen MR) is 100 cm³/mol. The summed E-state index contributed by atoms with van der Waals surface area (Å²) in [6.45, 7) is 3.97. The minimum atomic E-state index is -3.73. The zero-order valence-electron chi connectivity index (χ0n) is 13.8. The molecule has 2 aromatic rings. The number of sulfonamides is 1. The zero-order chi connectivity index (χ0) is 18.6. The van der Waals surface area contributed by atoms with Crippen molar-refractivity contribution in [2.75, 3.05) is 17.2 Å². The Bertz CT molecular complexity index is 828. The number of nitrogens with one attached hydrogen (secondary N) is 2. The van der Waals surface area contributed by atoms with Gasteiger partial charge < -0.3 is 15.7 Å². The zero-order valence-corrected chi connectivity index (χ0v) is 16.2. The van der Waals surface area contributed by atoms with E-state index in [1.807, 2.05) is 13.8 Å². The Morgan fingerprint density at radius 1 is 1.28 bits per heavy atom. The topological polar surface area (TPSA) is 130 Å². The predicted octanol–water partition coefficient (Wildman–Crippen LogP) is 2.06.